The van der Waals surface area contributed by atoms with Gasteiger partial charge in [-0.25, -0.2) is 0 Å². The third-order valence-corrected chi connectivity index (χ3v) is 3.53. The van der Waals surface area contributed by atoms with E-state index in [1.807, 2.05) is 13.8 Å². The van der Waals surface area contributed by atoms with Crippen molar-refractivity contribution in [3.8, 4) is 5.75 Å². The van der Waals surface area contributed by atoms with E-state index in [1.165, 1.54) is 6.92 Å². The number of aliphatic hydroxyl groups excluding tert-OH is 1. The van der Waals surface area contributed by atoms with Crippen LogP contribution in [0.2, 0.25) is 0 Å². The summed E-state index contributed by atoms with van der Waals surface area (Å²) in [4.78, 5) is 23.0. The molecule has 0 radical (unpaired) electrons. The number of carbonyl (C=O) groups is 2. The quantitative estimate of drug-likeness (QED) is 0.608. The van der Waals surface area contributed by atoms with Crippen LogP contribution in [0.15, 0.2) is 24.3 Å². The Morgan fingerprint density at radius 2 is 1.79 bits per heavy atom. The van der Waals surface area contributed by atoms with Crippen molar-refractivity contribution in [2.24, 2.45) is 5.92 Å². The number of carbonyl (C=O) groups excluding carboxylic acids is 2. The van der Waals surface area contributed by atoms with Crippen LogP contribution in [0.25, 0.3) is 0 Å². The number of hydrogen-bond acceptors (Lipinski definition) is 5. The lowest BCUT2D eigenvalue weighted by Crippen LogP contribution is -2.35. The Bertz CT molecular complexity index is 528. The maximum absolute atomic E-state index is 11.8. The minimum atomic E-state index is -0.583. The number of benzene rings is 1. The van der Waals surface area contributed by atoms with E-state index >= 15 is 0 Å². The highest BCUT2D eigenvalue weighted by molar-refractivity contribution is 5.93. The first kappa shape index (κ1) is 20.1. The van der Waals surface area contributed by atoms with Gasteiger partial charge in [0.2, 0.25) is 5.91 Å². The lowest BCUT2D eigenvalue weighted by atomic mass is 10.0. The highest BCUT2D eigenvalue weighted by atomic mass is 16.5. The summed E-state index contributed by atoms with van der Waals surface area (Å²) in [5, 5.41) is 15.7. The number of hydrogen-bond donors (Lipinski definition) is 3. The molecule has 1 aromatic rings. The van der Waals surface area contributed by atoms with Gasteiger partial charge in [0.15, 0.2) is 0 Å². The molecule has 0 fully saturated rings. The van der Waals surface area contributed by atoms with Crippen molar-refractivity contribution in [2.45, 2.75) is 46.3 Å². The summed E-state index contributed by atoms with van der Waals surface area (Å²) in [6.45, 7) is 7.91. The molecular weight excluding hydrogens is 308 g/mol. The molecule has 1 amide bonds. The van der Waals surface area contributed by atoms with Crippen molar-refractivity contribution in [3.05, 3.63) is 24.3 Å². The van der Waals surface area contributed by atoms with Crippen LogP contribution in [-0.4, -0.2) is 42.1 Å². The van der Waals surface area contributed by atoms with Crippen LogP contribution in [0, 0.1) is 5.92 Å². The minimum absolute atomic E-state index is 0.000544. The molecule has 0 aliphatic carbocycles. The van der Waals surface area contributed by atoms with Crippen LogP contribution in [0.1, 0.15) is 34.1 Å². The first-order valence-corrected chi connectivity index (χ1v) is 8.22. The van der Waals surface area contributed by atoms with E-state index in [1.54, 1.807) is 31.2 Å². The van der Waals surface area contributed by atoms with Crippen molar-refractivity contribution in [2.75, 3.05) is 18.5 Å². The van der Waals surface area contributed by atoms with E-state index < -0.39 is 6.10 Å². The molecule has 2 atom stereocenters. The standard InChI is InChI=1S/C18H28N2O4/c1-12(2)19-10-16(22)11-24-17-7-5-15(6-8-17)20-18(23)9-13(3)14(4)21/h5-8,12-13,16,19,22H,9-11H2,1-4H3,(H,20,23). The number of Topliss-reactive ketones (excluding diaryl/α,β-unsaturated/α-hetero) is 1. The zero-order chi connectivity index (χ0) is 18.1. The molecule has 0 aliphatic rings. The number of rotatable bonds is 10. The Hall–Kier alpha value is -1.92. The van der Waals surface area contributed by atoms with Gasteiger partial charge in [0.05, 0.1) is 0 Å². The van der Waals surface area contributed by atoms with Crippen LogP contribution in [0.5, 0.6) is 5.75 Å². The third kappa shape index (κ3) is 8.08. The average molecular weight is 336 g/mol. The van der Waals surface area contributed by atoms with Gasteiger partial charge in [-0.3, -0.25) is 9.59 Å². The smallest absolute Gasteiger partial charge is 0.225 e. The van der Waals surface area contributed by atoms with Crippen molar-refractivity contribution in [3.63, 3.8) is 0 Å². The molecule has 0 saturated carbocycles. The fourth-order valence-electron chi connectivity index (χ4n) is 1.89. The van der Waals surface area contributed by atoms with Gasteiger partial charge >= 0.3 is 0 Å². The Kier molecular flexibility index (Phi) is 8.43. The fourth-order valence-corrected chi connectivity index (χ4v) is 1.89. The number of anilines is 1. The number of ether oxygens (including phenoxy) is 1. The SMILES string of the molecule is CC(=O)C(C)CC(=O)Nc1ccc(OCC(O)CNC(C)C)cc1. The Labute approximate surface area is 143 Å². The summed E-state index contributed by atoms with van der Waals surface area (Å²) in [6, 6.07) is 7.22. The normalized spacial score (nSPS) is 13.4. The second kappa shape index (κ2) is 10.1. The van der Waals surface area contributed by atoms with Crippen LogP contribution < -0.4 is 15.4 Å². The Morgan fingerprint density at radius 1 is 1.17 bits per heavy atom. The molecule has 2 unspecified atom stereocenters. The highest BCUT2D eigenvalue weighted by Gasteiger charge is 2.13. The first-order chi connectivity index (χ1) is 11.3. The van der Waals surface area contributed by atoms with Gasteiger partial charge in [-0.15, -0.1) is 0 Å². The van der Waals surface area contributed by atoms with Gasteiger partial charge in [-0.05, 0) is 31.2 Å². The van der Waals surface area contributed by atoms with Gasteiger partial charge in [-0.2, -0.15) is 0 Å². The summed E-state index contributed by atoms with van der Waals surface area (Å²) in [5.74, 6) is 0.142. The first-order valence-electron chi connectivity index (χ1n) is 8.22. The predicted molar refractivity (Wildman–Crippen MR) is 94.2 cm³/mol. The van der Waals surface area contributed by atoms with E-state index in [4.69, 9.17) is 4.74 Å². The second-order valence-corrected chi connectivity index (χ2v) is 6.32. The lowest BCUT2D eigenvalue weighted by molar-refractivity contribution is -0.124. The fraction of sp³-hybridized carbons (Fsp3) is 0.556. The summed E-state index contributed by atoms with van der Waals surface area (Å²) in [6.07, 6.45) is -0.414. The Morgan fingerprint density at radius 3 is 2.33 bits per heavy atom. The van der Waals surface area contributed by atoms with E-state index in [2.05, 4.69) is 10.6 Å². The van der Waals surface area contributed by atoms with Gasteiger partial charge in [0, 0.05) is 30.6 Å². The molecule has 0 aliphatic heterocycles. The number of amides is 1. The van der Waals surface area contributed by atoms with E-state index in [9.17, 15) is 14.7 Å². The maximum Gasteiger partial charge on any atom is 0.225 e. The molecule has 6 heteroatoms. The molecule has 1 aromatic carbocycles. The molecule has 0 bridgehead atoms. The van der Waals surface area contributed by atoms with Crippen molar-refractivity contribution >= 4 is 17.4 Å². The van der Waals surface area contributed by atoms with E-state index in [0.29, 0.717) is 24.0 Å². The summed E-state index contributed by atoms with van der Waals surface area (Å²) in [5.41, 5.74) is 0.644. The molecule has 0 heterocycles. The number of ketones is 1. The van der Waals surface area contributed by atoms with Gasteiger partial charge < -0.3 is 20.5 Å². The number of aliphatic hydroxyl groups is 1. The third-order valence-electron chi connectivity index (χ3n) is 3.53. The maximum atomic E-state index is 11.8. The zero-order valence-corrected chi connectivity index (χ0v) is 14.8. The zero-order valence-electron chi connectivity index (χ0n) is 14.8. The van der Waals surface area contributed by atoms with Crippen LogP contribution in [-0.2, 0) is 9.59 Å². The Balaban J connectivity index is 2.40. The van der Waals surface area contributed by atoms with Crippen LogP contribution in [0.4, 0.5) is 5.69 Å². The molecule has 0 spiro atoms. The topological polar surface area (TPSA) is 87.7 Å². The van der Waals surface area contributed by atoms with Crippen molar-refractivity contribution in [1.82, 2.24) is 5.32 Å². The molecule has 6 nitrogen and oxygen atoms in total. The lowest BCUT2D eigenvalue weighted by Gasteiger charge is -2.15. The second-order valence-electron chi connectivity index (χ2n) is 6.32. The highest BCUT2D eigenvalue weighted by Crippen LogP contribution is 2.16. The molecule has 24 heavy (non-hydrogen) atoms. The summed E-state index contributed by atoms with van der Waals surface area (Å²) < 4.78 is 5.51. The monoisotopic (exact) mass is 336 g/mol. The summed E-state index contributed by atoms with van der Waals surface area (Å²) in [7, 11) is 0. The van der Waals surface area contributed by atoms with Gasteiger partial charge in [0.25, 0.3) is 0 Å². The largest absolute Gasteiger partial charge is 0.491 e. The molecule has 0 aromatic heterocycles. The van der Waals surface area contributed by atoms with E-state index in [0.717, 1.165) is 0 Å². The minimum Gasteiger partial charge on any atom is -0.491 e. The molecule has 1 rings (SSSR count). The van der Waals surface area contributed by atoms with Gasteiger partial charge in [-0.1, -0.05) is 20.8 Å². The van der Waals surface area contributed by atoms with Crippen LogP contribution in [0.3, 0.4) is 0 Å². The average Bonchev–Trinajstić information content (AvgIpc) is 2.52. The summed E-state index contributed by atoms with van der Waals surface area (Å²) >= 11 is 0. The molecule has 0 saturated heterocycles. The molecule has 134 valence electrons. The van der Waals surface area contributed by atoms with Gasteiger partial charge in [0.1, 0.15) is 24.2 Å². The van der Waals surface area contributed by atoms with Crippen molar-refractivity contribution in [1.29, 1.82) is 0 Å². The van der Waals surface area contributed by atoms with E-state index in [-0.39, 0.29) is 30.6 Å². The van der Waals surface area contributed by atoms with Crippen LogP contribution >= 0.6 is 0 Å². The van der Waals surface area contributed by atoms with Crippen molar-refractivity contribution < 1.29 is 19.4 Å². The number of nitrogens with one attached hydrogen (secondary N) is 2. The molecular formula is C18H28N2O4. The predicted octanol–water partition coefficient (Wildman–Crippen LogP) is 1.98. The molecule has 3 N–H and O–H groups in total.